The first-order valence-corrected chi connectivity index (χ1v) is 7.93. The Hall–Kier alpha value is -1.56. The average molecular weight is 372 g/mol. The van der Waals surface area contributed by atoms with Crippen LogP contribution in [0.3, 0.4) is 0 Å². The van der Waals surface area contributed by atoms with Crippen LogP contribution >= 0.6 is 15.9 Å². The fourth-order valence-electron chi connectivity index (χ4n) is 1.92. The lowest BCUT2D eigenvalue weighted by Gasteiger charge is -2.24. The van der Waals surface area contributed by atoms with Gasteiger partial charge in [0.15, 0.2) is 0 Å². The number of hydrogen-bond donors (Lipinski definition) is 2. The Morgan fingerprint density at radius 3 is 2.36 bits per heavy atom. The maximum atomic E-state index is 11.9. The van der Waals surface area contributed by atoms with Gasteiger partial charge < -0.3 is 15.2 Å². The zero-order chi connectivity index (χ0) is 16.8. The summed E-state index contributed by atoms with van der Waals surface area (Å²) < 4.78 is 6.21. The van der Waals surface area contributed by atoms with Crippen molar-refractivity contribution in [2.45, 2.75) is 51.7 Å². The van der Waals surface area contributed by atoms with E-state index in [-0.39, 0.29) is 12.5 Å². The lowest BCUT2D eigenvalue weighted by atomic mass is 10.0. The summed E-state index contributed by atoms with van der Waals surface area (Å²) in [6, 6.07) is 7.29. The third-order valence-corrected chi connectivity index (χ3v) is 3.38. The highest BCUT2D eigenvalue weighted by Gasteiger charge is 2.20. The summed E-state index contributed by atoms with van der Waals surface area (Å²) in [5.74, 6) is -0.841. The summed E-state index contributed by atoms with van der Waals surface area (Å²) >= 11 is 3.37. The van der Waals surface area contributed by atoms with Gasteiger partial charge in [-0.3, -0.25) is 4.79 Å². The number of alkyl carbamates (subject to hydrolysis) is 1. The van der Waals surface area contributed by atoms with Gasteiger partial charge in [-0.25, -0.2) is 4.79 Å². The maximum absolute atomic E-state index is 11.9. The molecule has 5 nitrogen and oxygen atoms in total. The van der Waals surface area contributed by atoms with Gasteiger partial charge in [-0.2, -0.15) is 0 Å². The first-order chi connectivity index (χ1) is 10.2. The number of amides is 1. The molecule has 0 heterocycles. The molecule has 0 aliphatic carbocycles. The molecule has 1 unspecified atom stereocenters. The second-order valence-electron chi connectivity index (χ2n) is 6.04. The van der Waals surface area contributed by atoms with E-state index in [1.165, 1.54) is 0 Å². The minimum Gasteiger partial charge on any atom is -0.481 e. The van der Waals surface area contributed by atoms with Gasteiger partial charge in [0.1, 0.15) is 5.60 Å². The molecule has 0 bridgehead atoms. The van der Waals surface area contributed by atoms with Crippen molar-refractivity contribution >= 4 is 28.0 Å². The Balaban J connectivity index is 2.75. The second-order valence-corrected chi connectivity index (χ2v) is 6.95. The van der Waals surface area contributed by atoms with Crippen LogP contribution in [0.5, 0.6) is 0 Å². The molecule has 1 aromatic carbocycles. The summed E-state index contributed by atoms with van der Waals surface area (Å²) in [4.78, 5) is 22.6. The molecule has 0 spiro atoms. The molecule has 2 N–H and O–H groups in total. The van der Waals surface area contributed by atoms with Gasteiger partial charge in [-0.1, -0.05) is 28.1 Å². The molecule has 22 heavy (non-hydrogen) atoms. The quantitative estimate of drug-likeness (QED) is 0.782. The topological polar surface area (TPSA) is 75.6 Å². The van der Waals surface area contributed by atoms with Crippen LogP contribution in [-0.2, 0) is 9.53 Å². The van der Waals surface area contributed by atoms with Crippen molar-refractivity contribution in [3.05, 3.63) is 34.3 Å². The summed E-state index contributed by atoms with van der Waals surface area (Å²) in [5, 5.41) is 11.6. The Morgan fingerprint density at radius 1 is 1.27 bits per heavy atom. The number of benzene rings is 1. The summed E-state index contributed by atoms with van der Waals surface area (Å²) in [6.45, 7) is 5.39. The molecule has 1 atom stereocenters. The molecular formula is C16H22BrNO4. The predicted octanol–water partition coefficient (Wildman–Crippen LogP) is 4.27. The highest BCUT2D eigenvalue weighted by molar-refractivity contribution is 9.10. The van der Waals surface area contributed by atoms with Crippen LogP contribution < -0.4 is 5.32 Å². The van der Waals surface area contributed by atoms with E-state index < -0.39 is 17.7 Å². The van der Waals surface area contributed by atoms with Crippen LogP contribution in [0.4, 0.5) is 4.79 Å². The van der Waals surface area contributed by atoms with Gasteiger partial charge in [0.25, 0.3) is 0 Å². The van der Waals surface area contributed by atoms with Crippen molar-refractivity contribution in [1.82, 2.24) is 5.32 Å². The Morgan fingerprint density at radius 2 is 1.86 bits per heavy atom. The van der Waals surface area contributed by atoms with E-state index in [1.54, 1.807) is 20.8 Å². The molecular weight excluding hydrogens is 350 g/mol. The molecule has 122 valence electrons. The number of carboxylic acids is 1. The van der Waals surface area contributed by atoms with E-state index in [2.05, 4.69) is 21.2 Å². The van der Waals surface area contributed by atoms with E-state index in [1.807, 2.05) is 24.3 Å². The molecule has 1 rings (SSSR count). The van der Waals surface area contributed by atoms with Crippen molar-refractivity contribution in [2.24, 2.45) is 0 Å². The van der Waals surface area contributed by atoms with E-state index in [0.717, 1.165) is 10.0 Å². The molecule has 0 radical (unpaired) electrons. The number of carbonyl (C=O) groups is 2. The number of halogens is 1. The lowest BCUT2D eigenvalue weighted by Crippen LogP contribution is -2.35. The highest BCUT2D eigenvalue weighted by Crippen LogP contribution is 2.22. The zero-order valence-corrected chi connectivity index (χ0v) is 14.6. The van der Waals surface area contributed by atoms with Crippen molar-refractivity contribution in [2.75, 3.05) is 0 Å². The van der Waals surface area contributed by atoms with Crippen molar-refractivity contribution in [3.8, 4) is 0 Å². The third-order valence-electron chi connectivity index (χ3n) is 2.85. The number of carboxylic acid groups (broad SMARTS) is 1. The van der Waals surface area contributed by atoms with Crippen LogP contribution in [0, 0.1) is 0 Å². The SMILES string of the molecule is CC(C)(C)OC(=O)NC(CCCC(=O)O)c1ccc(Br)cc1. The van der Waals surface area contributed by atoms with Gasteiger partial charge in [0.05, 0.1) is 6.04 Å². The van der Waals surface area contributed by atoms with Crippen molar-refractivity contribution in [1.29, 1.82) is 0 Å². The van der Waals surface area contributed by atoms with E-state index in [4.69, 9.17) is 9.84 Å². The van der Waals surface area contributed by atoms with Crippen LogP contribution in [0.1, 0.15) is 51.6 Å². The number of aliphatic carboxylic acids is 1. The Kier molecular flexibility index (Phi) is 6.87. The molecule has 0 aliphatic heterocycles. The fourth-order valence-corrected chi connectivity index (χ4v) is 2.19. The van der Waals surface area contributed by atoms with E-state index in [9.17, 15) is 9.59 Å². The Bertz CT molecular complexity index is 508. The van der Waals surface area contributed by atoms with Crippen LogP contribution in [-0.4, -0.2) is 22.8 Å². The first-order valence-electron chi connectivity index (χ1n) is 7.14. The fraction of sp³-hybridized carbons (Fsp3) is 0.500. The molecule has 1 aromatic rings. The third kappa shape index (κ3) is 7.45. The summed E-state index contributed by atoms with van der Waals surface area (Å²) in [7, 11) is 0. The van der Waals surface area contributed by atoms with Gasteiger partial charge in [-0.15, -0.1) is 0 Å². The summed E-state index contributed by atoms with van der Waals surface area (Å²) in [6.07, 6.45) is 0.581. The van der Waals surface area contributed by atoms with Gasteiger partial charge in [0, 0.05) is 10.9 Å². The van der Waals surface area contributed by atoms with Crippen LogP contribution in [0.2, 0.25) is 0 Å². The van der Waals surface area contributed by atoms with Gasteiger partial charge in [-0.05, 0) is 51.3 Å². The molecule has 0 fully saturated rings. The molecule has 0 saturated heterocycles. The second kappa shape index (κ2) is 8.17. The molecule has 1 amide bonds. The minimum absolute atomic E-state index is 0.0724. The Labute approximate surface area is 139 Å². The largest absolute Gasteiger partial charge is 0.481 e. The number of hydrogen-bond acceptors (Lipinski definition) is 3. The molecule has 0 saturated carbocycles. The van der Waals surface area contributed by atoms with Crippen LogP contribution in [0.25, 0.3) is 0 Å². The van der Waals surface area contributed by atoms with Crippen LogP contribution in [0.15, 0.2) is 28.7 Å². The van der Waals surface area contributed by atoms with Crippen molar-refractivity contribution in [3.63, 3.8) is 0 Å². The standard InChI is InChI=1S/C16H22BrNO4/c1-16(2,3)22-15(21)18-13(5-4-6-14(19)20)11-7-9-12(17)10-8-11/h7-10,13H,4-6H2,1-3H3,(H,18,21)(H,19,20). The number of nitrogens with one attached hydrogen (secondary N) is 1. The normalized spacial score (nSPS) is 12.5. The molecule has 0 aromatic heterocycles. The number of ether oxygens (including phenoxy) is 1. The van der Waals surface area contributed by atoms with E-state index >= 15 is 0 Å². The first kappa shape index (κ1) is 18.5. The average Bonchev–Trinajstić information content (AvgIpc) is 2.36. The predicted molar refractivity (Wildman–Crippen MR) is 87.7 cm³/mol. The smallest absolute Gasteiger partial charge is 0.408 e. The van der Waals surface area contributed by atoms with Gasteiger partial charge in [0.2, 0.25) is 0 Å². The maximum Gasteiger partial charge on any atom is 0.408 e. The minimum atomic E-state index is -0.841. The lowest BCUT2D eigenvalue weighted by molar-refractivity contribution is -0.137. The van der Waals surface area contributed by atoms with E-state index in [0.29, 0.717) is 12.8 Å². The van der Waals surface area contributed by atoms with Crippen molar-refractivity contribution < 1.29 is 19.4 Å². The zero-order valence-electron chi connectivity index (χ0n) is 13.1. The summed E-state index contributed by atoms with van der Waals surface area (Å²) in [5.41, 5.74) is 0.342. The number of carbonyl (C=O) groups excluding carboxylic acids is 1. The number of rotatable bonds is 6. The van der Waals surface area contributed by atoms with Gasteiger partial charge >= 0.3 is 12.1 Å². The molecule has 6 heteroatoms. The molecule has 0 aliphatic rings. The highest BCUT2D eigenvalue weighted by atomic mass is 79.9. The monoisotopic (exact) mass is 371 g/mol.